The van der Waals surface area contributed by atoms with Crippen LogP contribution in [0.15, 0.2) is 55.2 Å². The average molecular weight is 407 g/mol. The van der Waals surface area contributed by atoms with Crippen molar-refractivity contribution in [3.05, 3.63) is 60.8 Å². The molecule has 4 rings (SSSR count). The predicted molar refractivity (Wildman–Crippen MR) is 114 cm³/mol. The Morgan fingerprint density at radius 1 is 1.17 bits per heavy atom. The summed E-state index contributed by atoms with van der Waals surface area (Å²) in [5, 5.41) is 9.89. The van der Waals surface area contributed by atoms with Crippen molar-refractivity contribution in [2.75, 3.05) is 23.3 Å². The van der Waals surface area contributed by atoms with E-state index in [1.54, 1.807) is 17.2 Å². The Kier molecular flexibility index (Phi) is 5.89. The summed E-state index contributed by atoms with van der Waals surface area (Å²) >= 11 is 0. The lowest BCUT2D eigenvalue weighted by Crippen LogP contribution is -2.45. The molecule has 2 aromatic heterocycles. The molecule has 1 fully saturated rings. The molecule has 9 heteroatoms. The van der Waals surface area contributed by atoms with Crippen LogP contribution in [0.2, 0.25) is 0 Å². The smallest absolute Gasteiger partial charge is 0.319 e. The van der Waals surface area contributed by atoms with E-state index < -0.39 is 0 Å². The summed E-state index contributed by atoms with van der Waals surface area (Å²) in [6, 6.07) is 11.3. The number of amides is 2. The summed E-state index contributed by atoms with van der Waals surface area (Å²) in [6.07, 6.45) is 5.03. The maximum atomic E-state index is 12.5. The lowest BCUT2D eigenvalue weighted by Gasteiger charge is -2.37. The molecule has 0 saturated carbocycles. The molecule has 156 valence electrons. The third-order valence-electron chi connectivity index (χ3n) is 4.83. The van der Waals surface area contributed by atoms with Gasteiger partial charge in [0.2, 0.25) is 0 Å². The topological polar surface area (TPSA) is 97.2 Å². The van der Waals surface area contributed by atoms with Crippen molar-refractivity contribution >= 4 is 17.4 Å². The second-order valence-corrected chi connectivity index (χ2v) is 7.35. The number of ether oxygens (including phenoxy) is 1. The second kappa shape index (κ2) is 8.91. The van der Waals surface area contributed by atoms with Gasteiger partial charge in [-0.15, -0.1) is 0 Å². The van der Waals surface area contributed by atoms with E-state index in [4.69, 9.17) is 4.74 Å². The highest BCUT2D eigenvalue weighted by Crippen LogP contribution is 2.28. The van der Waals surface area contributed by atoms with Crippen molar-refractivity contribution in [1.82, 2.24) is 25.1 Å². The zero-order valence-corrected chi connectivity index (χ0v) is 17.0. The van der Waals surface area contributed by atoms with Gasteiger partial charge in [0.25, 0.3) is 0 Å². The molecule has 2 N–H and O–H groups in total. The molecule has 0 spiro atoms. The number of carbonyl (C=O) groups is 1. The molecule has 1 aliphatic rings. The standard InChI is InChI=1S/C21H25N7O2/c1-15-11-27(12-16(2)30-15)19-6-4-3-5-18(19)26-21(29)24-10-17-7-8-20(23-9-17)28-14-22-13-25-28/h3-9,13-16H,10-12H2,1-2H3,(H2,24,26,29). The van der Waals surface area contributed by atoms with E-state index in [1.807, 2.05) is 36.4 Å². The van der Waals surface area contributed by atoms with Crippen molar-refractivity contribution < 1.29 is 9.53 Å². The first-order chi connectivity index (χ1) is 14.6. The van der Waals surface area contributed by atoms with Gasteiger partial charge in [0, 0.05) is 25.8 Å². The van der Waals surface area contributed by atoms with Crippen LogP contribution in [-0.4, -0.2) is 51.1 Å². The Hall–Kier alpha value is -3.46. The number of nitrogens with zero attached hydrogens (tertiary/aromatic N) is 5. The van der Waals surface area contributed by atoms with Gasteiger partial charge in [-0.3, -0.25) is 0 Å². The molecule has 1 aromatic carbocycles. The molecule has 1 aliphatic heterocycles. The first-order valence-corrected chi connectivity index (χ1v) is 9.92. The SMILES string of the molecule is CC1CN(c2ccccc2NC(=O)NCc2ccc(-n3cncn3)nc2)CC(C)O1. The van der Waals surface area contributed by atoms with Gasteiger partial charge in [-0.2, -0.15) is 5.10 Å². The van der Waals surface area contributed by atoms with Crippen LogP contribution < -0.4 is 15.5 Å². The van der Waals surface area contributed by atoms with Gasteiger partial charge in [0.05, 0.1) is 23.6 Å². The Bertz CT molecular complexity index is 965. The maximum absolute atomic E-state index is 12.5. The predicted octanol–water partition coefficient (Wildman–Crippen LogP) is 2.60. The summed E-state index contributed by atoms with van der Waals surface area (Å²) in [7, 11) is 0. The van der Waals surface area contributed by atoms with Gasteiger partial charge in [-0.1, -0.05) is 18.2 Å². The molecule has 0 radical (unpaired) electrons. The Labute approximate surface area is 175 Å². The number of nitrogens with one attached hydrogen (secondary N) is 2. The number of urea groups is 1. The Morgan fingerprint density at radius 3 is 2.67 bits per heavy atom. The van der Waals surface area contributed by atoms with Gasteiger partial charge < -0.3 is 20.3 Å². The molecule has 2 unspecified atom stereocenters. The monoisotopic (exact) mass is 407 g/mol. The van der Waals surface area contributed by atoms with Crippen molar-refractivity contribution in [2.24, 2.45) is 0 Å². The van der Waals surface area contributed by atoms with Crippen LogP contribution >= 0.6 is 0 Å². The van der Waals surface area contributed by atoms with Gasteiger partial charge >= 0.3 is 6.03 Å². The minimum atomic E-state index is -0.267. The van der Waals surface area contributed by atoms with E-state index in [2.05, 4.69) is 44.4 Å². The first-order valence-electron chi connectivity index (χ1n) is 9.92. The van der Waals surface area contributed by atoms with Crippen LogP contribution in [0.1, 0.15) is 19.4 Å². The summed E-state index contributed by atoms with van der Waals surface area (Å²) in [5.41, 5.74) is 2.66. The third kappa shape index (κ3) is 4.74. The lowest BCUT2D eigenvalue weighted by atomic mass is 10.1. The Balaban J connectivity index is 1.36. The highest BCUT2D eigenvalue weighted by molar-refractivity contribution is 5.93. The number of carbonyl (C=O) groups excluding carboxylic acids is 1. The zero-order valence-electron chi connectivity index (χ0n) is 17.0. The normalized spacial score (nSPS) is 18.8. The first kappa shape index (κ1) is 19.8. The largest absolute Gasteiger partial charge is 0.372 e. The van der Waals surface area contributed by atoms with Crippen molar-refractivity contribution in [3.63, 3.8) is 0 Å². The fraction of sp³-hybridized carbons (Fsp3) is 0.333. The number of benzene rings is 1. The van der Waals surface area contributed by atoms with Crippen LogP contribution in [0.4, 0.5) is 16.2 Å². The number of rotatable bonds is 5. The summed E-state index contributed by atoms with van der Waals surface area (Å²) < 4.78 is 7.40. The molecule has 0 bridgehead atoms. The van der Waals surface area contributed by atoms with E-state index in [9.17, 15) is 4.79 Å². The van der Waals surface area contributed by atoms with E-state index in [0.29, 0.717) is 12.4 Å². The highest BCUT2D eigenvalue weighted by atomic mass is 16.5. The number of anilines is 2. The van der Waals surface area contributed by atoms with Gasteiger partial charge in [0.1, 0.15) is 12.7 Å². The molecule has 3 heterocycles. The molecular weight excluding hydrogens is 382 g/mol. The molecule has 2 amide bonds. The third-order valence-corrected chi connectivity index (χ3v) is 4.83. The molecule has 2 atom stereocenters. The number of hydrogen-bond donors (Lipinski definition) is 2. The Morgan fingerprint density at radius 2 is 1.97 bits per heavy atom. The molecule has 1 saturated heterocycles. The van der Waals surface area contributed by atoms with Crippen LogP contribution in [0.3, 0.4) is 0 Å². The van der Waals surface area contributed by atoms with E-state index in [-0.39, 0.29) is 18.2 Å². The number of morpholine rings is 1. The van der Waals surface area contributed by atoms with Crippen molar-refractivity contribution in [3.8, 4) is 5.82 Å². The molecule has 30 heavy (non-hydrogen) atoms. The number of hydrogen-bond acceptors (Lipinski definition) is 6. The van der Waals surface area contributed by atoms with Crippen LogP contribution in [0, 0.1) is 0 Å². The minimum absolute atomic E-state index is 0.142. The lowest BCUT2D eigenvalue weighted by molar-refractivity contribution is -0.00517. The van der Waals surface area contributed by atoms with Crippen molar-refractivity contribution in [2.45, 2.75) is 32.6 Å². The summed E-state index contributed by atoms with van der Waals surface area (Å²) in [5.74, 6) is 0.670. The maximum Gasteiger partial charge on any atom is 0.319 e. The summed E-state index contributed by atoms with van der Waals surface area (Å²) in [4.78, 5) is 23.0. The zero-order chi connectivity index (χ0) is 20.9. The van der Waals surface area contributed by atoms with Gasteiger partial charge in [0.15, 0.2) is 5.82 Å². The van der Waals surface area contributed by atoms with Gasteiger partial charge in [-0.25, -0.2) is 19.4 Å². The van der Waals surface area contributed by atoms with E-state index >= 15 is 0 Å². The quantitative estimate of drug-likeness (QED) is 0.675. The molecule has 0 aliphatic carbocycles. The second-order valence-electron chi connectivity index (χ2n) is 7.35. The summed E-state index contributed by atoms with van der Waals surface area (Å²) in [6.45, 7) is 6.06. The average Bonchev–Trinajstić information content (AvgIpc) is 3.27. The highest BCUT2D eigenvalue weighted by Gasteiger charge is 2.24. The number of pyridine rings is 1. The number of para-hydroxylation sites is 2. The van der Waals surface area contributed by atoms with Gasteiger partial charge in [-0.05, 0) is 37.6 Å². The molecular formula is C21H25N7O2. The van der Waals surface area contributed by atoms with Crippen molar-refractivity contribution in [1.29, 1.82) is 0 Å². The van der Waals surface area contributed by atoms with Crippen LogP contribution in [0.25, 0.3) is 5.82 Å². The minimum Gasteiger partial charge on any atom is -0.372 e. The van der Waals surface area contributed by atoms with E-state index in [1.165, 1.54) is 6.33 Å². The number of aromatic nitrogens is 4. The van der Waals surface area contributed by atoms with Crippen LogP contribution in [0.5, 0.6) is 0 Å². The molecule has 3 aromatic rings. The molecule has 9 nitrogen and oxygen atoms in total. The fourth-order valence-corrected chi connectivity index (χ4v) is 3.56. The van der Waals surface area contributed by atoms with E-state index in [0.717, 1.165) is 30.0 Å². The fourth-order valence-electron chi connectivity index (χ4n) is 3.56. The van der Waals surface area contributed by atoms with Crippen LogP contribution in [-0.2, 0) is 11.3 Å².